The van der Waals surface area contributed by atoms with Gasteiger partial charge in [-0.3, -0.25) is 4.79 Å². The van der Waals surface area contributed by atoms with E-state index in [-0.39, 0.29) is 11.8 Å². The summed E-state index contributed by atoms with van der Waals surface area (Å²) in [6, 6.07) is 7.94. The highest BCUT2D eigenvalue weighted by Gasteiger charge is 2.37. The minimum atomic E-state index is -0.190. The fraction of sp³-hybridized carbons (Fsp3) is 0.462. The number of halogens is 2. The van der Waals surface area contributed by atoms with Gasteiger partial charge in [-0.15, -0.1) is 0 Å². The topological polar surface area (TPSA) is 35.5 Å². The smallest absolute Gasteiger partial charge is 0.302 e. The molecule has 1 aliphatic carbocycles. The van der Waals surface area contributed by atoms with Crippen molar-refractivity contribution in [1.29, 1.82) is 0 Å². The Balaban J connectivity index is 0.000000218. The summed E-state index contributed by atoms with van der Waals surface area (Å²) >= 11 is 2.10. The van der Waals surface area contributed by atoms with Crippen LogP contribution in [0.25, 0.3) is 0 Å². The van der Waals surface area contributed by atoms with E-state index in [1.165, 1.54) is 28.3 Å². The molecule has 0 aromatic heterocycles. The Kier molecular flexibility index (Phi) is 8.40. The Bertz CT molecular complexity index is 377. The molecule has 3 nitrogen and oxygen atoms in total. The number of ether oxygens (including phenoxy) is 1. The highest BCUT2D eigenvalue weighted by Crippen LogP contribution is 2.39. The van der Waals surface area contributed by atoms with E-state index in [4.69, 9.17) is 8.92 Å². The van der Waals surface area contributed by atoms with Gasteiger partial charge in [-0.2, -0.15) is 0 Å². The second-order valence-electron chi connectivity index (χ2n) is 4.20. The summed E-state index contributed by atoms with van der Waals surface area (Å²) in [7, 11) is 1.36. The number of esters is 1. The maximum absolute atomic E-state index is 11.9. The van der Waals surface area contributed by atoms with E-state index in [0.717, 1.165) is 13.0 Å². The second kappa shape index (κ2) is 9.55. The minimum absolute atomic E-state index is 0.178. The lowest BCUT2D eigenvalue weighted by atomic mass is 10.3. The standard InChI is InChI=1S/C7H11IO3S.C6H5F/c1-5(9)10-3-6-2-7(6)4-11-12-8;7-6-4-2-1-3-5-6/h6-7H,2-4H2,1H3;1-5H. The second-order valence-corrected chi connectivity index (χ2v) is 5.64. The molecule has 19 heavy (non-hydrogen) atoms. The molecule has 1 saturated carbocycles. The third-order valence-electron chi connectivity index (χ3n) is 2.63. The molecule has 0 amide bonds. The van der Waals surface area contributed by atoms with Crippen LogP contribution in [0.15, 0.2) is 30.3 Å². The summed E-state index contributed by atoms with van der Waals surface area (Å²) in [6.45, 7) is 2.78. The largest absolute Gasteiger partial charge is 0.466 e. The van der Waals surface area contributed by atoms with Gasteiger partial charge in [0.1, 0.15) is 5.82 Å². The molecule has 0 bridgehead atoms. The van der Waals surface area contributed by atoms with Crippen LogP contribution >= 0.6 is 30.4 Å². The van der Waals surface area contributed by atoms with Crippen molar-refractivity contribution < 1.29 is 18.1 Å². The Labute approximate surface area is 129 Å². The van der Waals surface area contributed by atoms with Crippen molar-refractivity contribution in [3.63, 3.8) is 0 Å². The maximum Gasteiger partial charge on any atom is 0.302 e. The van der Waals surface area contributed by atoms with Crippen molar-refractivity contribution in [3.05, 3.63) is 36.1 Å². The summed E-state index contributed by atoms with van der Waals surface area (Å²) in [5.41, 5.74) is 0. The lowest BCUT2D eigenvalue weighted by Gasteiger charge is -1.99. The predicted molar refractivity (Wildman–Crippen MR) is 82.2 cm³/mol. The van der Waals surface area contributed by atoms with Gasteiger partial charge in [0, 0.05) is 28.1 Å². The van der Waals surface area contributed by atoms with E-state index in [2.05, 4.69) is 21.2 Å². The van der Waals surface area contributed by atoms with Crippen molar-refractivity contribution in [1.82, 2.24) is 0 Å². The number of carbonyl (C=O) groups is 1. The predicted octanol–water partition coefficient (Wildman–Crippen LogP) is 4.03. The van der Waals surface area contributed by atoms with Crippen LogP contribution in [0.3, 0.4) is 0 Å². The first-order chi connectivity index (χ1) is 9.13. The first-order valence-electron chi connectivity index (χ1n) is 5.87. The molecule has 2 unspecified atom stereocenters. The number of benzene rings is 1. The van der Waals surface area contributed by atoms with Crippen LogP contribution in [0.5, 0.6) is 0 Å². The molecule has 0 heterocycles. The van der Waals surface area contributed by atoms with E-state index < -0.39 is 0 Å². The van der Waals surface area contributed by atoms with Crippen molar-refractivity contribution in [2.24, 2.45) is 11.8 Å². The molecule has 1 aliphatic rings. The molecule has 2 atom stereocenters. The van der Waals surface area contributed by atoms with E-state index >= 15 is 0 Å². The lowest BCUT2D eigenvalue weighted by Crippen LogP contribution is -2.04. The first-order valence-corrected chi connectivity index (χ1v) is 9.16. The van der Waals surface area contributed by atoms with Crippen LogP contribution in [0.4, 0.5) is 4.39 Å². The van der Waals surface area contributed by atoms with Crippen LogP contribution in [-0.4, -0.2) is 19.2 Å². The fourth-order valence-corrected chi connectivity index (χ4v) is 2.14. The zero-order valence-corrected chi connectivity index (χ0v) is 13.5. The minimum Gasteiger partial charge on any atom is -0.466 e. The van der Waals surface area contributed by atoms with E-state index in [0.29, 0.717) is 18.4 Å². The molecule has 0 spiro atoms. The van der Waals surface area contributed by atoms with Crippen molar-refractivity contribution in [2.45, 2.75) is 13.3 Å². The highest BCUT2D eigenvalue weighted by molar-refractivity contribution is 14.2. The highest BCUT2D eigenvalue weighted by atomic mass is 127. The third kappa shape index (κ3) is 8.43. The van der Waals surface area contributed by atoms with E-state index in [9.17, 15) is 9.18 Å². The Hall–Kier alpha value is -0.340. The van der Waals surface area contributed by atoms with Crippen LogP contribution in [0.1, 0.15) is 13.3 Å². The van der Waals surface area contributed by atoms with Gasteiger partial charge in [0.25, 0.3) is 0 Å². The summed E-state index contributed by atoms with van der Waals surface area (Å²) in [6.07, 6.45) is 1.13. The molecule has 0 aliphatic heterocycles. The molecule has 106 valence electrons. The third-order valence-corrected chi connectivity index (χ3v) is 3.62. The molecule has 1 aromatic carbocycles. The van der Waals surface area contributed by atoms with Crippen LogP contribution in [-0.2, 0) is 13.7 Å². The van der Waals surface area contributed by atoms with Gasteiger partial charge in [0.15, 0.2) is 0 Å². The molecule has 1 aromatic rings. The average molecular weight is 398 g/mol. The zero-order valence-electron chi connectivity index (χ0n) is 10.6. The molecule has 2 rings (SSSR count). The normalized spacial score (nSPS) is 20.2. The van der Waals surface area contributed by atoms with Gasteiger partial charge in [-0.25, -0.2) is 4.39 Å². The number of hydrogen-bond donors (Lipinski definition) is 0. The quantitative estimate of drug-likeness (QED) is 0.426. The average Bonchev–Trinajstić information content (AvgIpc) is 3.14. The summed E-state index contributed by atoms with van der Waals surface area (Å²) in [4.78, 5) is 10.4. The molecule has 0 saturated heterocycles. The zero-order chi connectivity index (χ0) is 14.1. The maximum atomic E-state index is 11.9. The van der Waals surface area contributed by atoms with Crippen LogP contribution in [0, 0.1) is 17.7 Å². The summed E-state index contributed by atoms with van der Waals surface area (Å²) < 4.78 is 21.9. The Morgan fingerprint density at radius 2 is 2.00 bits per heavy atom. The van der Waals surface area contributed by atoms with Gasteiger partial charge in [-0.1, -0.05) is 18.2 Å². The number of carbonyl (C=O) groups excluding carboxylic acids is 1. The Morgan fingerprint density at radius 1 is 1.37 bits per heavy atom. The van der Waals surface area contributed by atoms with Crippen molar-refractivity contribution in [3.8, 4) is 0 Å². The molecule has 6 heteroatoms. The number of rotatable bonds is 5. The van der Waals surface area contributed by atoms with Crippen LogP contribution < -0.4 is 0 Å². The number of hydrogen-bond acceptors (Lipinski definition) is 4. The van der Waals surface area contributed by atoms with E-state index in [1.807, 2.05) is 0 Å². The van der Waals surface area contributed by atoms with Gasteiger partial charge in [-0.05, 0) is 30.4 Å². The SMILES string of the molecule is CC(=O)OCC1CC1COSI.Fc1ccccc1. The monoisotopic (exact) mass is 398 g/mol. The fourth-order valence-electron chi connectivity index (χ4n) is 1.47. The van der Waals surface area contributed by atoms with Gasteiger partial charge in [0.2, 0.25) is 0 Å². The van der Waals surface area contributed by atoms with Crippen molar-refractivity contribution in [2.75, 3.05) is 13.2 Å². The van der Waals surface area contributed by atoms with Gasteiger partial charge in [0.05, 0.1) is 22.4 Å². The summed E-state index contributed by atoms with van der Waals surface area (Å²) in [5.74, 6) is 0.774. The van der Waals surface area contributed by atoms with Crippen LogP contribution in [0.2, 0.25) is 0 Å². The first kappa shape index (κ1) is 16.7. The lowest BCUT2D eigenvalue weighted by molar-refractivity contribution is -0.141. The molecule has 1 fully saturated rings. The Morgan fingerprint density at radius 3 is 2.47 bits per heavy atom. The molecule has 0 radical (unpaired) electrons. The van der Waals surface area contributed by atoms with Crippen molar-refractivity contribution >= 4 is 36.4 Å². The molecule has 0 N–H and O–H groups in total. The molecular weight excluding hydrogens is 382 g/mol. The summed E-state index contributed by atoms with van der Waals surface area (Å²) in [5, 5.41) is 0. The van der Waals surface area contributed by atoms with Gasteiger partial charge >= 0.3 is 5.97 Å². The molecular formula is C13H16FIO3S. The van der Waals surface area contributed by atoms with E-state index in [1.54, 1.807) is 18.2 Å². The van der Waals surface area contributed by atoms with Gasteiger partial charge < -0.3 is 8.92 Å².